The Morgan fingerprint density at radius 2 is 1.62 bits per heavy atom. The summed E-state index contributed by atoms with van der Waals surface area (Å²) in [6, 6.07) is 28.7. The maximum absolute atomic E-state index is 13.1. The Balaban J connectivity index is 1.43. The maximum Gasteiger partial charge on any atom is 0.265 e. The topological polar surface area (TPSA) is 90.3 Å². The number of aryl methyl sites for hydroxylation is 1. The molecule has 7 nitrogen and oxygen atoms in total. The fourth-order valence-corrected chi connectivity index (χ4v) is 5.79. The lowest BCUT2D eigenvalue weighted by Gasteiger charge is -2.13. The molecule has 0 unspecified atom stereocenters. The first-order chi connectivity index (χ1) is 19.4. The van der Waals surface area contributed by atoms with Crippen LogP contribution >= 0.6 is 0 Å². The zero-order chi connectivity index (χ0) is 28.1. The normalized spacial score (nSPS) is 11.4. The quantitative estimate of drug-likeness (QED) is 0.222. The molecule has 1 heterocycles. The summed E-state index contributed by atoms with van der Waals surface area (Å²) >= 11 is 0. The number of amides is 1. The molecule has 5 rings (SSSR count). The van der Waals surface area contributed by atoms with Crippen LogP contribution in [0.25, 0.3) is 22.2 Å². The van der Waals surface area contributed by atoms with Crippen molar-refractivity contribution in [2.45, 2.75) is 37.6 Å². The number of nitrogens with zero attached hydrogens (tertiary/aromatic N) is 2. The minimum atomic E-state index is -4.00. The van der Waals surface area contributed by atoms with Gasteiger partial charge in [-0.1, -0.05) is 80.1 Å². The van der Waals surface area contributed by atoms with E-state index < -0.39 is 15.9 Å². The van der Waals surface area contributed by atoms with Crippen LogP contribution in [0.2, 0.25) is 0 Å². The summed E-state index contributed by atoms with van der Waals surface area (Å²) in [6.45, 7) is 2.79. The van der Waals surface area contributed by atoms with E-state index in [1.165, 1.54) is 12.1 Å². The second-order valence-electron chi connectivity index (χ2n) is 9.54. The van der Waals surface area contributed by atoms with Crippen molar-refractivity contribution < 1.29 is 17.9 Å². The van der Waals surface area contributed by atoms with Crippen LogP contribution < -0.4 is 9.46 Å². The predicted octanol–water partition coefficient (Wildman–Crippen LogP) is 6.22. The zero-order valence-corrected chi connectivity index (χ0v) is 23.3. The number of hydrogen-bond acceptors (Lipinski definition) is 5. The highest BCUT2D eigenvalue weighted by atomic mass is 32.2. The minimum absolute atomic E-state index is 0.0344. The molecule has 5 aromatic rings. The third kappa shape index (κ3) is 5.62. The van der Waals surface area contributed by atoms with E-state index in [4.69, 9.17) is 9.72 Å². The van der Waals surface area contributed by atoms with Gasteiger partial charge in [0.2, 0.25) is 0 Å². The fraction of sp³-hybridized carbons (Fsp3) is 0.188. The molecule has 0 atom stereocenters. The van der Waals surface area contributed by atoms with Gasteiger partial charge in [0, 0.05) is 18.5 Å². The summed E-state index contributed by atoms with van der Waals surface area (Å²) in [5, 5.41) is 0. The summed E-state index contributed by atoms with van der Waals surface area (Å²) in [4.78, 5) is 18.0. The van der Waals surface area contributed by atoms with E-state index in [2.05, 4.69) is 16.2 Å². The Morgan fingerprint density at radius 3 is 2.35 bits per heavy atom. The van der Waals surface area contributed by atoms with Crippen LogP contribution in [0.1, 0.15) is 41.5 Å². The van der Waals surface area contributed by atoms with Gasteiger partial charge in [-0.15, -0.1) is 0 Å². The molecule has 1 N–H and O–H groups in total. The number of hydrogen-bond donors (Lipinski definition) is 1. The SMILES string of the molecule is CCCCc1nc2cccc(OC)c2n1Cc1ccc(-c2ccccc2C(=O)NS(=O)(=O)c2ccccc2)cc1. The van der Waals surface area contributed by atoms with Gasteiger partial charge in [0.25, 0.3) is 15.9 Å². The van der Waals surface area contributed by atoms with E-state index in [9.17, 15) is 13.2 Å². The number of sulfonamides is 1. The molecule has 0 spiro atoms. The predicted molar refractivity (Wildman–Crippen MR) is 157 cm³/mol. The standard InChI is InChI=1S/C32H31N3O4S/c1-3-4-17-30-33-28-15-10-16-29(39-2)31(28)35(30)22-23-18-20-24(21-19-23)26-13-8-9-14-27(26)32(36)34-40(37,38)25-11-6-5-7-12-25/h5-16,18-21H,3-4,17,22H2,1-2H3,(H,34,36). The Labute approximate surface area is 234 Å². The molecule has 1 aromatic heterocycles. The Bertz CT molecular complexity index is 1740. The Kier molecular flexibility index (Phi) is 7.98. The van der Waals surface area contributed by atoms with E-state index in [1.807, 2.05) is 54.6 Å². The Hall–Kier alpha value is -4.43. The van der Waals surface area contributed by atoms with Crippen LogP contribution in [-0.2, 0) is 23.0 Å². The number of rotatable bonds is 10. The maximum atomic E-state index is 13.1. The summed E-state index contributed by atoms with van der Waals surface area (Å²) in [6.07, 6.45) is 3.00. The number of imidazole rings is 1. The lowest BCUT2D eigenvalue weighted by molar-refractivity contribution is 0.0982. The summed E-state index contributed by atoms with van der Waals surface area (Å²) < 4.78 is 35.6. The number of nitrogens with one attached hydrogen (secondary N) is 1. The third-order valence-corrected chi connectivity index (χ3v) is 8.19. The molecule has 204 valence electrons. The molecule has 0 aliphatic heterocycles. The van der Waals surface area contributed by atoms with E-state index in [0.29, 0.717) is 12.1 Å². The number of aromatic nitrogens is 2. The van der Waals surface area contributed by atoms with Gasteiger partial charge < -0.3 is 9.30 Å². The van der Waals surface area contributed by atoms with Gasteiger partial charge in [-0.3, -0.25) is 4.79 Å². The van der Waals surface area contributed by atoms with Crippen LogP contribution in [0.5, 0.6) is 5.75 Å². The number of ether oxygens (including phenoxy) is 1. The lowest BCUT2D eigenvalue weighted by atomic mass is 9.98. The van der Waals surface area contributed by atoms with Gasteiger partial charge in [0.1, 0.15) is 17.1 Å². The summed E-state index contributed by atoms with van der Waals surface area (Å²) in [5.41, 5.74) is 4.69. The number of para-hydroxylation sites is 1. The average molecular weight is 554 g/mol. The van der Waals surface area contributed by atoms with Crippen molar-refractivity contribution >= 4 is 27.0 Å². The Morgan fingerprint density at radius 1 is 0.900 bits per heavy atom. The third-order valence-electron chi connectivity index (χ3n) is 6.84. The molecule has 0 fully saturated rings. The molecule has 8 heteroatoms. The molecule has 0 radical (unpaired) electrons. The largest absolute Gasteiger partial charge is 0.494 e. The number of unbranched alkanes of at least 4 members (excludes halogenated alkanes) is 1. The van der Waals surface area contributed by atoms with Gasteiger partial charge in [-0.2, -0.15) is 0 Å². The molecule has 1 amide bonds. The molecular weight excluding hydrogens is 522 g/mol. The van der Waals surface area contributed by atoms with E-state index in [-0.39, 0.29) is 10.5 Å². The van der Waals surface area contributed by atoms with Crippen LogP contribution in [0, 0.1) is 0 Å². The first-order valence-corrected chi connectivity index (χ1v) is 14.7. The van der Waals surface area contributed by atoms with Crippen LogP contribution in [0.15, 0.2) is 102 Å². The summed E-state index contributed by atoms with van der Waals surface area (Å²) in [7, 11) is -2.32. The van der Waals surface area contributed by atoms with Crippen LogP contribution in [0.4, 0.5) is 0 Å². The monoisotopic (exact) mass is 553 g/mol. The molecule has 40 heavy (non-hydrogen) atoms. The van der Waals surface area contributed by atoms with Crippen LogP contribution in [0.3, 0.4) is 0 Å². The van der Waals surface area contributed by atoms with Crippen molar-refractivity contribution in [3.63, 3.8) is 0 Å². The highest BCUT2D eigenvalue weighted by Gasteiger charge is 2.21. The van der Waals surface area contributed by atoms with Crippen molar-refractivity contribution in [1.82, 2.24) is 14.3 Å². The van der Waals surface area contributed by atoms with Gasteiger partial charge in [-0.25, -0.2) is 18.1 Å². The van der Waals surface area contributed by atoms with Crippen molar-refractivity contribution in [3.05, 3.63) is 114 Å². The molecular formula is C32H31N3O4S. The van der Waals surface area contributed by atoms with Crippen molar-refractivity contribution in [3.8, 4) is 16.9 Å². The first-order valence-electron chi connectivity index (χ1n) is 13.2. The number of fused-ring (bicyclic) bond motifs is 1. The van der Waals surface area contributed by atoms with E-state index in [0.717, 1.165) is 53.0 Å². The van der Waals surface area contributed by atoms with Gasteiger partial charge in [-0.05, 0) is 53.4 Å². The van der Waals surface area contributed by atoms with E-state index in [1.54, 1.807) is 37.4 Å². The number of carbonyl (C=O) groups excluding carboxylic acids is 1. The number of benzene rings is 4. The van der Waals surface area contributed by atoms with Gasteiger partial charge in [0.05, 0.1) is 17.5 Å². The fourth-order valence-electron chi connectivity index (χ4n) is 4.80. The molecule has 0 aliphatic rings. The number of carbonyl (C=O) groups is 1. The molecule has 0 saturated carbocycles. The minimum Gasteiger partial charge on any atom is -0.494 e. The molecule has 4 aromatic carbocycles. The molecule has 0 bridgehead atoms. The second kappa shape index (κ2) is 11.8. The first kappa shape index (κ1) is 27.1. The van der Waals surface area contributed by atoms with Gasteiger partial charge >= 0.3 is 0 Å². The highest BCUT2D eigenvalue weighted by Crippen LogP contribution is 2.29. The average Bonchev–Trinajstić information content (AvgIpc) is 3.33. The molecule has 0 aliphatic carbocycles. The zero-order valence-electron chi connectivity index (χ0n) is 22.5. The summed E-state index contributed by atoms with van der Waals surface area (Å²) in [5.74, 6) is 1.13. The van der Waals surface area contributed by atoms with Crippen molar-refractivity contribution in [1.29, 1.82) is 0 Å². The molecule has 0 saturated heterocycles. The second-order valence-corrected chi connectivity index (χ2v) is 11.2. The number of methoxy groups -OCH3 is 1. The van der Waals surface area contributed by atoms with Crippen molar-refractivity contribution in [2.24, 2.45) is 0 Å². The van der Waals surface area contributed by atoms with E-state index >= 15 is 0 Å². The highest BCUT2D eigenvalue weighted by molar-refractivity contribution is 7.90. The van der Waals surface area contributed by atoms with Crippen LogP contribution in [-0.4, -0.2) is 31.0 Å². The lowest BCUT2D eigenvalue weighted by Crippen LogP contribution is -2.30. The van der Waals surface area contributed by atoms with Gasteiger partial charge in [0.15, 0.2) is 0 Å². The smallest absolute Gasteiger partial charge is 0.265 e. The van der Waals surface area contributed by atoms with Crippen molar-refractivity contribution in [2.75, 3.05) is 7.11 Å².